The average molecular weight is 328 g/mol. The van der Waals surface area contributed by atoms with Crippen LogP contribution in [0.2, 0.25) is 0 Å². The molecule has 3 rings (SSSR count). The van der Waals surface area contributed by atoms with Gasteiger partial charge in [-0.05, 0) is 29.8 Å². The molecule has 0 fully saturated rings. The molecule has 24 heavy (non-hydrogen) atoms. The van der Waals surface area contributed by atoms with Crippen LogP contribution in [0.5, 0.6) is 17.2 Å². The summed E-state index contributed by atoms with van der Waals surface area (Å²) >= 11 is 0. The fourth-order valence-electron chi connectivity index (χ4n) is 2.23. The van der Waals surface area contributed by atoms with Gasteiger partial charge >= 0.3 is 0 Å². The maximum Gasteiger partial charge on any atom is 0.231 e. The Balaban J connectivity index is 1.40. The molecule has 2 heterocycles. The van der Waals surface area contributed by atoms with E-state index in [-0.39, 0.29) is 6.79 Å². The van der Waals surface area contributed by atoms with Gasteiger partial charge in [0.05, 0.1) is 12.7 Å². The van der Waals surface area contributed by atoms with Crippen molar-refractivity contribution in [2.75, 3.05) is 27.0 Å². The maximum atomic E-state index is 5.58. The van der Waals surface area contributed by atoms with Crippen LogP contribution in [-0.4, -0.2) is 37.9 Å². The third-order valence-corrected chi connectivity index (χ3v) is 3.42. The molecule has 126 valence electrons. The summed E-state index contributed by atoms with van der Waals surface area (Å²) in [5, 5.41) is 6.45. The highest BCUT2D eigenvalue weighted by molar-refractivity contribution is 5.79. The number of nitrogens with one attached hydrogen (secondary N) is 2. The predicted molar refractivity (Wildman–Crippen MR) is 90.5 cm³/mol. The molecular formula is C17H20N4O3. The number of nitrogens with zero attached hydrogens (tertiary/aromatic N) is 2. The largest absolute Gasteiger partial charge is 0.490 e. The lowest BCUT2D eigenvalue weighted by Crippen LogP contribution is -2.38. The van der Waals surface area contributed by atoms with Crippen LogP contribution in [0, 0.1) is 0 Å². The highest BCUT2D eigenvalue weighted by Gasteiger charge is 2.13. The summed E-state index contributed by atoms with van der Waals surface area (Å²) in [4.78, 5) is 8.19. The molecule has 0 radical (unpaired) electrons. The Hall–Kier alpha value is -2.96. The van der Waals surface area contributed by atoms with Gasteiger partial charge in [-0.1, -0.05) is 6.07 Å². The molecule has 2 N–H and O–H groups in total. The summed E-state index contributed by atoms with van der Waals surface area (Å²) in [5.41, 5.74) is 1.09. The zero-order valence-corrected chi connectivity index (χ0v) is 13.5. The number of guanidine groups is 1. The van der Waals surface area contributed by atoms with Gasteiger partial charge in [0, 0.05) is 19.8 Å². The molecule has 1 aliphatic rings. The van der Waals surface area contributed by atoms with Gasteiger partial charge in [-0.3, -0.25) is 9.98 Å². The van der Waals surface area contributed by atoms with Crippen molar-refractivity contribution in [1.29, 1.82) is 0 Å². The van der Waals surface area contributed by atoms with Crippen molar-refractivity contribution in [3.05, 3.63) is 48.3 Å². The second-order valence-corrected chi connectivity index (χ2v) is 5.08. The van der Waals surface area contributed by atoms with Gasteiger partial charge in [-0.15, -0.1) is 0 Å². The van der Waals surface area contributed by atoms with Crippen LogP contribution in [0.1, 0.15) is 5.56 Å². The van der Waals surface area contributed by atoms with Crippen LogP contribution in [0.4, 0.5) is 0 Å². The third kappa shape index (κ3) is 4.28. The molecule has 1 aromatic carbocycles. The van der Waals surface area contributed by atoms with Crippen LogP contribution in [-0.2, 0) is 6.54 Å². The lowest BCUT2D eigenvalue weighted by atomic mass is 10.2. The van der Waals surface area contributed by atoms with Crippen molar-refractivity contribution < 1.29 is 14.2 Å². The van der Waals surface area contributed by atoms with E-state index in [0.717, 1.165) is 22.8 Å². The molecule has 7 heteroatoms. The van der Waals surface area contributed by atoms with Gasteiger partial charge in [-0.2, -0.15) is 0 Å². The van der Waals surface area contributed by atoms with E-state index >= 15 is 0 Å². The van der Waals surface area contributed by atoms with Gasteiger partial charge < -0.3 is 24.8 Å². The lowest BCUT2D eigenvalue weighted by molar-refractivity contribution is 0.174. The summed E-state index contributed by atoms with van der Waals surface area (Å²) < 4.78 is 16.3. The predicted octanol–water partition coefficient (Wildman–Crippen LogP) is 1.55. The van der Waals surface area contributed by atoms with E-state index in [4.69, 9.17) is 14.2 Å². The van der Waals surface area contributed by atoms with Crippen LogP contribution in [0.15, 0.2) is 47.7 Å². The fourth-order valence-corrected chi connectivity index (χ4v) is 2.23. The third-order valence-electron chi connectivity index (χ3n) is 3.42. The number of fused-ring (bicyclic) bond motifs is 1. The number of rotatable bonds is 6. The molecule has 0 saturated heterocycles. The highest BCUT2D eigenvalue weighted by Crippen LogP contribution is 2.32. The number of benzene rings is 1. The van der Waals surface area contributed by atoms with E-state index in [2.05, 4.69) is 20.6 Å². The second kappa shape index (κ2) is 8.05. The molecular weight excluding hydrogens is 308 g/mol. The lowest BCUT2D eigenvalue weighted by Gasteiger charge is -2.12. The monoisotopic (exact) mass is 328 g/mol. The normalized spacial score (nSPS) is 12.8. The van der Waals surface area contributed by atoms with E-state index < -0.39 is 0 Å². The molecule has 7 nitrogen and oxygen atoms in total. The van der Waals surface area contributed by atoms with Gasteiger partial charge in [0.2, 0.25) is 6.79 Å². The molecule has 0 amide bonds. The minimum Gasteiger partial charge on any atom is -0.490 e. The first-order valence-electron chi connectivity index (χ1n) is 7.71. The van der Waals surface area contributed by atoms with Crippen molar-refractivity contribution in [1.82, 2.24) is 15.6 Å². The fraction of sp³-hybridized carbons (Fsp3) is 0.294. The SMILES string of the molecule is CN=C(NCCOc1cccnc1)NCc1ccc2c(c1)OCO2. The molecule has 0 spiro atoms. The number of hydrogen-bond donors (Lipinski definition) is 2. The average Bonchev–Trinajstić information content (AvgIpc) is 3.10. The molecule has 0 aliphatic carbocycles. The summed E-state index contributed by atoms with van der Waals surface area (Å²) in [7, 11) is 1.73. The Kier molecular flexibility index (Phi) is 5.34. The quantitative estimate of drug-likeness (QED) is 0.476. The van der Waals surface area contributed by atoms with Crippen LogP contribution >= 0.6 is 0 Å². The Labute approximate surface area is 140 Å². The molecule has 2 aromatic rings. The van der Waals surface area contributed by atoms with Crippen molar-refractivity contribution in [3.63, 3.8) is 0 Å². The van der Waals surface area contributed by atoms with Crippen LogP contribution in [0.3, 0.4) is 0 Å². The second-order valence-electron chi connectivity index (χ2n) is 5.08. The number of hydrogen-bond acceptors (Lipinski definition) is 5. The van der Waals surface area contributed by atoms with E-state index in [1.807, 2.05) is 30.3 Å². The van der Waals surface area contributed by atoms with Crippen molar-refractivity contribution >= 4 is 5.96 Å². The topological polar surface area (TPSA) is 77.0 Å². The Bertz CT molecular complexity index is 691. The number of pyridine rings is 1. The first-order valence-corrected chi connectivity index (χ1v) is 7.71. The summed E-state index contributed by atoms with van der Waals surface area (Å²) in [6, 6.07) is 9.60. The van der Waals surface area contributed by atoms with Crippen molar-refractivity contribution in [2.24, 2.45) is 4.99 Å². The summed E-state index contributed by atoms with van der Waals surface area (Å²) in [6.07, 6.45) is 3.40. The van der Waals surface area contributed by atoms with E-state index in [1.165, 1.54) is 0 Å². The summed E-state index contributed by atoms with van der Waals surface area (Å²) in [5.74, 6) is 3.03. The van der Waals surface area contributed by atoms with Gasteiger partial charge in [-0.25, -0.2) is 0 Å². The molecule has 0 unspecified atom stereocenters. The molecule has 1 aromatic heterocycles. The zero-order valence-electron chi connectivity index (χ0n) is 13.5. The minimum absolute atomic E-state index is 0.284. The molecule has 0 atom stereocenters. The van der Waals surface area contributed by atoms with E-state index in [1.54, 1.807) is 19.4 Å². The van der Waals surface area contributed by atoms with Gasteiger partial charge in [0.1, 0.15) is 12.4 Å². The standard InChI is InChI=1S/C17H20N4O3/c1-18-17(20-7-8-22-14-3-2-6-19-11-14)21-10-13-4-5-15-16(9-13)24-12-23-15/h2-6,9,11H,7-8,10,12H2,1H3,(H2,18,20,21). The van der Waals surface area contributed by atoms with Gasteiger partial charge in [0.25, 0.3) is 0 Å². The highest BCUT2D eigenvalue weighted by atomic mass is 16.7. The van der Waals surface area contributed by atoms with Crippen LogP contribution in [0.25, 0.3) is 0 Å². The number of aliphatic imine (C=N–C) groups is 1. The van der Waals surface area contributed by atoms with E-state index in [0.29, 0.717) is 25.7 Å². The van der Waals surface area contributed by atoms with Gasteiger partial charge in [0.15, 0.2) is 17.5 Å². The molecule has 0 saturated carbocycles. The smallest absolute Gasteiger partial charge is 0.231 e. The molecule has 0 bridgehead atoms. The minimum atomic E-state index is 0.284. The number of aromatic nitrogens is 1. The summed E-state index contributed by atoms with van der Waals surface area (Å²) in [6.45, 7) is 2.08. The molecule has 1 aliphatic heterocycles. The van der Waals surface area contributed by atoms with E-state index in [9.17, 15) is 0 Å². The van der Waals surface area contributed by atoms with Crippen molar-refractivity contribution in [3.8, 4) is 17.2 Å². The first-order chi connectivity index (χ1) is 11.8. The Morgan fingerprint density at radius 2 is 2.17 bits per heavy atom. The Morgan fingerprint density at radius 1 is 1.25 bits per heavy atom. The zero-order chi connectivity index (χ0) is 16.6. The van der Waals surface area contributed by atoms with Crippen LogP contribution < -0.4 is 24.8 Å². The Morgan fingerprint density at radius 3 is 3.00 bits per heavy atom. The first kappa shape index (κ1) is 15.9. The van der Waals surface area contributed by atoms with Crippen molar-refractivity contribution in [2.45, 2.75) is 6.54 Å². The number of ether oxygens (including phenoxy) is 3. The maximum absolute atomic E-state index is 5.58.